The first-order chi connectivity index (χ1) is 14.3. The van der Waals surface area contributed by atoms with Gasteiger partial charge in [0.2, 0.25) is 0 Å². The molecule has 2 aromatic heterocycles. The fraction of sp³-hybridized carbons (Fsp3) is 0.333. The number of nitriles is 1. The molecule has 6 heteroatoms. The number of furan rings is 1. The van der Waals surface area contributed by atoms with E-state index in [0.29, 0.717) is 16.7 Å². The molecule has 1 aliphatic carbocycles. The van der Waals surface area contributed by atoms with E-state index in [1.807, 2.05) is 36.4 Å². The van der Waals surface area contributed by atoms with Gasteiger partial charge in [-0.3, -0.25) is 0 Å². The van der Waals surface area contributed by atoms with Crippen molar-refractivity contribution in [1.29, 1.82) is 5.26 Å². The summed E-state index contributed by atoms with van der Waals surface area (Å²) in [4.78, 5) is 7.00. The summed E-state index contributed by atoms with van der Waals surface area (Å²) in [5.74, 6) is 1.32. The van der Waals surface area contributed by atoms with Crippen LogP contribution in [0.15, 0.2) is 55.8 Å². The second-order valence-electron chi connectivity index (χ2n) is 8.57. The highest BCUT2D eigenvalue weighted by atomic mass is 35.5. The molecule has 4 rings (SSSR count). The van der Waals surface area contributed by atoms with Crippen LogP contribution in [0.2, 0.25) is 5.02 Å². The lowest BCUT2D eigenvalue weighted by Crippen LogP contribution is -2.26. The predicted molar refractivity (Wildman–Crippen MR) is 126 cm³/mol. The van der Waals surface area contributed by atoms with Gasteiger partial charge < -0.3 is 4.42 Å². The second-order valence-corrected chi connectivity index (χ2v) is 11.2. The molecule has 1 aromatic carbocycles. The highest BCUT2D eigenvalue weighted by Crippen LogP contribution is 2.45. The van der Waals surface area contributed by atoms with Crippen molar-refractivity contribution in [2.45, 2.75) is 50.0 Å². The predicted octanol–water partition coefficient (Wildman–Crippen LogP) is 7.92. The number of benzene rings is 1. The third-order valence-electron chi connectivity index (χ3n) is 5.53. The summed E-state index contributed by atoms with van der Waals surface area (Å²) in [7, 11) is 0. The Balaban J connectivity index is 1.51. The van der Waals surface area contributed by atoms with E-state index in [1.54, 1.807) is 17.6 Å². The Morgan fingerprint density at radius 2 is 2.00 bits per heavy atom. The third-order valence-corrected chi connectivity index (χ3v) is 7.87. The zero-order valence-electron chi connectivity index (χ0n) is 17.2. The molecule has 3 aromatic rings. The summed E-state index contributed by atoms with van der Waals surface area (Å²) >= 11 is 9.13. The number of thiophene rings is 1. The quantitative estimate of drug-likeness (QED) is 0.376. The number of nitrogens with zero attached hydrogens (tertiary/aromatic N) is 2. The van der Waals surface area contributed by atoms with E-state index in [9.17, 15) is 5.26 Å². The van der Waals surface area contributed by atoms with Gasteiger partial charge >= 0.3 is 0 Å². The van der Waals surface area contributed by atoms with E-state index in [-0.39, 0.29) is 5.41 Å². The molecule has 0 amide bonds. The lowest BCUT2D eigenvalue weighted by molar-refractivity contribution is 0.218. The number of rotatable bonds is 4. The maximum Gasteiger partial charge on any atom is 0.165 e. The van der Waals surface area contributed by atoms with Crippen LogP contribution in [0.25, 0.3) is 0 Å². The van der Waals surface area contributed by atoms with Gasteiger partial charge in [-0.1, -0.05) is 44.1 Å². The summed E-state index contributed by atoms with van der Waals surface area (Å²) < 4.78 is 5.88. The van der Waals surface area contributed by atoms with Gasteiger partial charge in [0.05, 0.1) is 11.8 Å². The molecule has 3 nitrogen and oxygen atoms in total. The van der Waals surface area contributed by atoms with Gasteiger partial charge in [-0.2, -0.15) is 5.26 Å². The minimum Gasteiger partial charge on any atom is -0.449 e. The number of hydrogen-bond donors (Lipinski definition) is 0. The van der Waals surface area contributed by atoms with Gasteiger partial charge in [-0.05, 0) is 72.6 Å². The van der Waals surface area contributed by atoms with Crippen LogP contribution >= 0.6 is 34.7 Å². The highest BCUT2D eigenvalue weighted by Gasteiger charge is 2.32. The number of halogens is 1. The van der Waals surface area contributed by atoms with Crippen LogP contribution in [0.5, 0.6) is 0 Å². The van der Waals surface area contributed by atoms with Crippen LogP contribution in [0.1, 0.15) is 49.0 Å². The summed E-state index contributed by atoms with van der Waals surface area (Å²) in [6, 6.07) is 13.9. The van der Waals surface area contributed by atoms with Gasteiger partial charge in [0.25, 0.3) is 0 Å². The smallest absolute Gasteiger partial charge is 0.165 e. The average Bonchev–Trinajstić information content (AvgIpc) is 3.30. The zero-order valence-corrected chi connectivity index (χ0v) is 19.6. The molecular weight excluding hydrogens is 432 g/mol. The van der Waals surface area contributed by atoms with Crippen molar-refractivity contribution in [2.24, 2.45) is 16.3 Å². The van der Waals surface area contributed by atoms with E-state index in [1.165, 1.54) is 22.2 Å². The van der Waals surface area contributed by atoms with Crippen LogP contribution in [-0.2, 0) is 12.8 Å². The fourth-order valence-electron chi connectivity index (χ4n) is 3.72. The normalized spacial score (nSPS) is 16.6. The van der Waals surface area contributed by atoms with Crippen molar-refractivity contribution in [2.75, 3.05) is 0 Å². The molecule has 0 bridgehead atoms. The molecule has 0 saturated carbocycles. The molecule has 0 N–H and O–H groups in total. The number of fused-ring (bicyclic) bond motifs is 1. The lowest BCUT2D eigenvalue weighted by atomic mass is 9.72. The Morgan fingerprint density at radius 3 is 2.70 bits per heavy atom. The SMILES string of the molecule is CC(C)(C)[C@H]1CCc2c(sc(N=Cc3ccc(Sc4ccc(Cl)cc4)o3)c2C#N)C1. The lowest BCUT2D eigenvalue weighted by Gasteiger charge is -2.33. The van der Waals surface area contributed by atoms with Crippen molar-refractivity contribution < 1.29 is 4.42 Å². The largest absolute Gasteiger partial charge is 0.449 e. The second kappa shape index (κ2) is 8.63. The first-order valence-electron chi connectivity index (χ1n) is 9.95. The van der Waals surface area contributed by atoms with E-state index < -0.39 is 0 Å². The average molecular weight is 455 g/mol. The van der Waals surface area contributed by atoms with E-state index in [2.05, 4.69) is 31.8 Å². The Hall–Kier alpha value is -2.00. The van der Waals surface area contributed by atoms with Crippen LogP contribution in [0.4, 0.5) is 5.00 Å². The standard InChI is InChI=1S/C24H23ClN2OS2/c1-24(2,3)15-4-10-19-20(13-26)23(30-21(19)12-15)27-14-17-7-11-22(28-17)29-18-8-5-16(25)6-9-18/h5-9,11,14-15H,4,10,12H2,1-3H3/t15-/m0/s1. The molecule has 154 valence electrons. The van der Waals surface area contributed by atoms with Crippen molar-refractivity contribution in [3.8, 4) is 6.07 Å². The van der Waals surface area contributed by atoms with Crippen LogP contribution in [0, 0.1) is 22.7 Å². The highest BCUT2D eigenvalue weighted by molar-refractivity contribution is 7.99. The molecule has 0 unspecified atom stereocenters. The summed E-state index contributed by atoms with van der Waals surface area (Å²) in [6.45, 7) is 6.91. The van der Waals surface area contributed by atoms with E-state index in [4.69, 9.17) is 16.0 Å². The van der Waals surface area contributed by atoms with Crippen LogP contribution in [-0.4, -0.2) is 6.21 Å². The summed E-state index contributed by atoms with van der Waals surface area (Å²) in [5, 5.41) is 12.0. The maximum atomic E-state index is 9.72. The third kappa shape index (κ3) is 4.67. The molecule has 2 heterocycles. The minimum atomic E-state index is 0.282. The fourth-order valence-corrected chi connectivity index (χ4v) is 5.84. The van der Waals surface area contributed by atoms with Crippen LogP contribution in [0.3, 0.4) is 0 Å². The Morgan fingerprint density at radius 1 is 1.23 bits per heavy atom. The van der Waals surface area contributed by atoms with Crippen molar-refractivity contribution in [3.05, 3.63) is 63.2 Å². The van der Waals surface area contributed by atoms with Gasteiger partial charge in [0.1, 0.15) is 16.8 Å². The Bertz CT molecular complexity index is 1110. The first-order valence-corrected chi connectivity index (χ1v) is 12.0. The van der Waals surface area contributed by atoms with Crippen LogP contribution < -0.4 is 0 Å². The molecule has 0 fully saturated rings. The van der Waals surface area contributed by atoms with Gasteiger partial charge in [0.15, 0.2) is 5.09 Å². The van der Waals surface area contributed by atoms with E-state index in [0.717, 1.165) is 39.8 Å². The first kappa shape index (κ1) is 21.2. The number of aliphatic imine (C=N–C) groups is 1. The summed E-state index contributed by atoms with van der Waals surface area (Å²) in [5.41, 5.74) is 2.22. The zero-order chi connectivity index (χ0) is 21.3. The van der Waals surface area contributed by atoms with Gasteiger partial charge in [-0.15, -0.1) is 11.3 Å². The minimum absolute atomic E-state index is 0.282. The summed E-state index contributed by atoms with van der Waals surface area (Å²) in [6.07, 6.45) is 4.85. The van der Waals surface area contributed by atoms with E-state index >= 15 is 0 Å². The molecule has 1 aliphatic rings. The van der Waals surface area contributed by atoms with Crippen molar-refractivity contribution >= 4 is 45.9 Å². The van der Waals surface area contributed by atoms with Crippen molar-refractivity contribution in [1.82, 2.24) is 0 Å². The topological polar surface area (TPSA) is 49.3 Å². The number of hydrogen-bond acceptors (Lipinski definition) is 5. The monoisotopic (exact) mass is 454 g/mol. The maximum absolute atomic E-state index is 9.72. The Kier molecular flexibility index (Phi) is 6.11. The van der Waals surface area contributed by atoms with Crippen molar-refractivity contribution in [3.63, 3.8) is 0 Å². The molecule has 0 aliphatic heterocycles. The molecule has 30 heavy (non-hydrogen) atoms. The molecular formula is C24H23ClN2OS2. The Labute approximate surface area is 190 Å². The molecule has 1 atom stereocenters. The molecule has 0 spiro atoms. The molecule has 0 saturated heterocycles. The van der Waals surface area contributed by atoms with Gasteiger partial charge in [-0.25, -0.2) is 4.99 Å². The van der Waals surface area contributed by atoms with Gasteiger partial charge in [0, 0.05) is 14.8 Å². The molecule has 0 radical (unpaired) electrons.